The fourth-order valence-electron chi connectivity index (χ4n) is 2.21. The minimum absolute atomic E-state index is 0.138. The van der Waals surface area contributed by atoms with Crippen LogP contribution in [0.15, 0.2) is 30.5 Å². The van der Waals surface area contributed by atoms with Gasteiger partial charge >= 0.3 is 0 Å². The van der Waals surface area contributed by atoms with E-state index in [1.165, 1.54) is 0 Å². The topological polar surface area (TPSA) is 66.9 Å². The molecule has 1 aliphatic rings. The lowest BCUT2D eigenvalue weighted by Crippen LogP contribution is -2.31. The number of hydrogen-bond acceptors (Lipinski definition) is 4. The Labute approximate surface area is 105 Å². The van der Waals surface area contributed by atoms with Crippen molar-refractivity contribution in [2.24, 2.45) is 0 Å². The SMILES string of the molecule is O=C1CCC(CNc2cnnc3ccccc23)N1. The van der Waals surface area contributed by atoms with Crippen molar-refractivity contribution in [3.8, 4) is 0 Å². The molecule has 0 saturated carbocycles. The summed E-state index contributed by atoms with van der Waals surface area (Å²) in [5.74, 6) is 0.138. The molecule has 2 aromatic rings. The second-order valence-corrected chi connectivity index (χ2v) is 4.46. The number of anilines is 1. The number of amides is 1. The highest BCUT2D eigenvalue weighted by Crippen LogP contribution is 2.20. The van der Waals surface area contributed by atoms with Crippen LogP contribution in [0.5, 0.6) is 0 Å². The first-order valence-corrected chi connectivity index (χ1v) is 6.06. The lowest BCUT2D eigenvalue weighted by Gasteiger charge is -2.13. The van der Waals surface area contributed by atoms with Crippen LogP contribution in [0.1, 0.15) is 12.8 Å². The maximum Gasteiger partial charge on any atom is 0.220 e. The molecule has 0 aliphatic carbocycles. The molecule has 1 fully saturated rings. The summed E-state index contributed by atoms with van der Waals surface area (Å²) in [5.41, 5.74) is 1.83. The Bertz CT molecular complexity index is 579. The zero-order valence-electron chi connectivity index (χ0n) is 9.89. The summed E-state index contributed by atoms with van der Waals surface area (Å²) in [5, 5.41) is 15.4. The van der Waals surface area contributed by atoms with E-state index in [4.69, 9.17) is 0 Å². The summed E-state index contributed by atoms with van der Waals surface area (Å²) in [7, 11) is 0. The Morgan fingerprint density at radius 2 is 2.28 bits per heavy atom. The fraction of sp³-hybridized carbons (Fsp3) is 0.308. The highest BCUT2D eigenvalue weighted by Gasteiger charge is 2.20. The number of carbonyl (C=O) groups is 1. The number of hydrogen-bond donors (Lipinski definition) is 2. The molecule has 1 saturated heterocycles. The van der Waals surface area contributed by atoms with E-state index in [-0.39, 0.29) is 11.9 Å². The van der Waals surface area contributed by atoms with Gasteiger partial charge in [-0.15, -0.1) is 0 Å². The van der Waals surface area contributed by atoms with Crippen LogP contribution in [-0.2, 0) is 4.79 Å². The monoisotopic (exact) mass is 242 g/mol. The van der Waals surface area contributed by atoms with Gasteiger partial charge in [-0.3, -0.25) is 4.79 Å². The zero-order chi connectivity index (χ0) is 12.4. The van der Waals surface area contributed by atoms with Gasteiger partial charge in [0.2, 0.25) is 5.91 Å². The van der Waals surface area contributed by atoms with Crippen LogP contribution in [0.25, 0.3) is 10.9 Å². The summed E-state index contributed by atoms with van der Waals surface area (Å²) >= 11 is 0. The van der Waals surface area contributed by atoms with E-state index in [0.29, 0.717) is 6.42 Å². The van der Waals surface area contributed by atoms with Gasteiger partial charge in [0, 0.05) is 24.4 Å². The van der Waals surface area contributed by atoms with Crippen LogP contribution in [0.2, 0.25) is 0 Å². The highest BCUT2D eigenvalue weighted by atomic mass is 16.1. The third-order valence-electron chi connectivity index (χ3n) is 3.17. The smallest absolute Gasteiger partial charge is 0.220 e. The van der Waals surface area contributed by atoms with Crippen molar-refractivity contribution in [2.75, 3.05) is 11.9 Å². The third kappa shape index (κ3) is 2.11. The predicted octanol–water partition coefficient (Wildman–Crippen LogP) is 1.32. The Hall–Kier alpha value is -2.17. The van der Waals surface area contributed by atoms with E-state index in [2.05, 4.69) is 20.8 Å². The molecule has 0 radical (unpaired) electrons. The molecule has 0 bridgehead atoms. The van der Waals surface area contributed by atoms with Crippen molar-refractivity contribution in [1.82, 2.24) is 15.5 Å². The van der Waals surface area contributed by atoms with Crippen molar-refractivity contribution in [3.05, 3.63) is 30.5 Å². The molecule has 2 heterocycles. The number of nitrogens with one attached hydrogen (secondary N) is 2. The molecule has 1 amide bonds. The summed E-state index contributed by atoms with van der Waals surface area (Å²) in [6.45, 7) is 0.724. The molecule has 1 aliphatic heterocycles. The molecular weight excluding hydrogens is 228 g/mol. The molecule has 1 unspecified atom stereocenters. The standard InChI is InChI=1S/C13H14N4O/c18-13-6-5-9(16-13)7-14-12-8-15-17-11-4-2-1-3-10(11)12/h1-4,8-9H,5-7H2,(H,14,17)(H,16,18). The van der Waals surface area contributed by atoms with Crippen molar-refractivity contribution in [3.63, 3.8) is 0 Å². The van der Waals surface area contributed by atoms with Crippen LogP contribution in [0.4, 0.5) is 5.69 Å². The summed E-state index contributed by atoms with van der Waals surface area (Å²) < 4.78 is 0. The number of benzene rings is 1. The van der Waals surface area contributed by atoms with E-state index in [1.54, 1.807) is 6.20 Å². The van der Waals surface area contributed by atoms with Crippen molar-refractivity contribution in [1.29, 1.82) is 0 Å². The lowest BCUT2D eigenvalue weighted by molar-refractivity contribution is -0.119. The van der Waals surface area contributed by atoms with Gasteiger partial charge in [-0.05, 0) is 12.5 Å². The van der Waals surface area contributed by atoms with Gasteiger partial charge in [-0.2, -0.15) is 10.2 Å². The van der Waals surface area contributed by atoms with Crippen molar-refractivity contribution in [2.45, 2.75) is 18.9 Å². The van der Waals surface area contributed by atoms with Gasteiger partial charge in [-0.1, -0.05) is 18.2 Å². The second-order valence-electron chi connectivity index (χ2n) is 4.46. The quantitative estimate of drug-likeness (QED) is 0.852. The van der Waals surface area contributed by atoms with Crippen molar-refractivity contribution >= 4 is 22.5 Å². The largest absolute Gasteiger partial charge is 0.381 e. The van der Waals surface area contributed by atoms with Crippen LogP contribution in [-0.4, -0.2) is 28.7 Å². The van der Waals surface area contributed by atoms with Gasteiger partial charge in [0.25, 0.3) is 0 Å². The van der Waals surface area contributed by atoms with Gasteiger partial charge in [0.05, 0.1) is 17.4 Å². The third-order valence-corrected chi connectivity index (χ3v) is 3.17. The average molecular weight is 242 g/mol. The zero-order valence-corrected chi connectivity index (χ0v) is 9.89. The maximum absolute atomic E-state index is 11.1. The average Bonchev–Trinajstić information content (AvgIpc) is 2.82. The van der Waals surface area contributed by atoms with E-state index in [0.717, 1.165) is 29.6 Å². The number of rotatable bonds is 3. The minimum Gasteiger partial charge on any atom is -0.381 e. The molecular formula is C13H14N4O. The molecule has 1 atom stereocenters. The Morgan fingerprint density at radius 1 is 1.39 bits per heavy atom. The highest BCUT2D eigenvalue weighted by molar-refractivity contribution is 5.90. The number of aromatic nitrogens is 2. The van der Waals surface area contributed by atoms with Crippen molar-refractivity contribution < 1.29 is 4.79 Å². The van der Waals surface area contributed by atoms with Crippen LogP contribution in [0.3, 0.4) is 0 Å². The molecule has 18 heavy (non-hydrogen) atoms. The molecule has 3 rings (SSSR count). The molecule has 92 valence electrons. The molecule has 1 aromatic carbocycles. The summed E-state index contributed by atoms with van der Waals surface area (Å²) in [4.78, 5) is 11.1. The number of nitrogens with zero attached hydrogens (tertiary/aromatic N) is 2. The summed E-state index contributed by atoms with van der Waals surface area (Å²) in [6, 6.07) is 8.08. The van der Waals surface area contributed by atoms with Gasteiger partial charge in [0.1, 0.15) is 0 Å². The van der Waals surface area contributed by atoms with E-state index in [1.807, 2.05) is 24.3 Å². The molecule has 5 heteroatoms. The van der Waals surface area contributed by atoms with Gasteiger partial charge in [-0.25, -0.2) is 0 Å². The van der Waals surface area contributed by atoms with E-state index < -0.39 is 0 Å². The fourth-order valence-corrected chi connectivity index (χ4v) is 2.21. The van der Waals surface area contributed by atoms with E-state index in [9.17, 15) is 4.79 Å². The number of carbonyl (C=O) groups excluding carboxylic acids is 1. The number of fused-ring (bicyclic) bond motifs is 1. The maximum atomic E-state index is 11.1. The first-order chi connectivity index (χ1) is 8.83. The van der Waals surface area contributed by atoms with Gasteiger partial charge in [0.15, 0.2) is 0 Å². The first-order valence-electron chi connectivity index (χ1n) is 6.06. The first kappa shape index (κ1) is 11.0. The molecule has 2 N–H and O–H groups in total. The Morgan fingerprint density at radius 3 is 3.11 bits per heavy atom. The second kappa shape index (κ2) is 4.60. The Balaban J connectivity index is 1.76. The van der Waals surface area contributed by atoms with Gasteiger partial charge < -0.3 is 10.6 Å². The predicted molar refractivity (Wildman–Crippen MR) is 69.2 cm³/mol. The Kier molecular flexibility index (Phi) is 2.80. The molecule has 1 aromatic heterocycles. The molecule has 0 spiro atoms. The summed E-state index contributed by atoms with van der Waals surface area (Å²) in [6.07, 6.45) is 3.24. The molecule has 5 nitrogen and oxygen atoms in total. The lowest BCUT2D eigenvalue weighted by atomic mass is 10.2. The van der Waals surface area contributed by atoms with Crippen LogP contribution in [0, 0.1) is 0 Å². The normalized spacial score (nSPS) is 18.9. The van der Waals surface area contributed by atoms with Crippen LogP contribution < -0.4 is 10.6 Å². The van der Waals surface area contributed by atoms with E-state index >= 15 is 0 Å². The minimum atomic E-state index is 0.138. The van der Waals surface area contributed by atoms with Crippen LogP contribution >= 0.6 is 0 Å².